The molecule has 0 radical (unpaired) electrons. The number of alkyl halides is 3. The fraction of sp³-hybridized carbons (Fsp3) is 0.350. The predicted molar refractivity (Wildman–Crippen MR) is 97.8 cm³/mol. The first kappa shape index (κ1) is 19.7. The normalized spacial score (nSPS) is 17.8. The minimum absolute atomic E-state index is 0.0213. The van der Waals surface area contributed by atoms with Gasteiger partial charge in [0, 0.05) is 24.5 Å². The highest BCUT2D eigenvalue weighted by molar-refractivity contribution is 8.03. The molecule has 2 aromatic rings. The van der Waals surface area contributed by atoms with Gasteiger partial charge in [-0.15, -0.1) is 0 Å². The molecule has 27 heavy (non-hydrogen) atoms. The number of benzene rings is 2. The van der Waals surface area contributed by atoms with Crippen LogP contribution in [0, 0.1) is 10.7 Å². The van der Waals surface area contributed by atoms with Crippen LogP contribution < -0.4 is 0 Å². The maximum Gasteiger partial charge on any atom is 0.416 e. The highest BCUT2D eigenvalue weighted by atomic mass is 32.2. The van der Waals surface area contributed by atoms with Crippen molar-refractivity contribution in [3.63, 3.8) is 0 Å². The molecule has 0 aromatic heterocycles. The molecule has 142 valence electrons. The first-order chi connectivity index (χ1) is 13.0. The molecular formula is C20H19F3N2OS. The molecule has 1 heterocycles. The molecule has 0 saturated carbocycles. The van der Waals surface area contributed by atoms with Crippen molar-refractivity contribution in [2.75, 3.05) is 13.1 Å². The number of likely N-dealkylation sites (tertiary alicyclic amines) is 1. The summed E-state index contributed by atoms with van der Waals surface area (Å²) in [5, 5.41) is 10.5. The van der Waals surface area contributed by atoms with Crippen LogP contribution in [0.5, 0.6) is 0 Å². The van der Waals surface area contributed by atoms with E-state index in [4.69, 9.17) is 10.00 Å². The van der Waals surface area contributed by atoms with E-state index < -0.39 is 11.7 Å². The summed E-state index contributed by atoms with van der Waals surface area (Å²) in [5.41, 5.74) is 0.644. The van der Waals surface area contributed by atoms with Gasteiger partial charge in [-0.05, 0) is 41.4 Å². The van der Waals surface area contributed by atoms with Gasteiger partial charge in [-0.1, -0.05) is 36.4 Å². The van der Waals surface area contributed by atoms with Gasteiger partial charge in [0.05, 0.1) is 18.3 Å². The lowest BCUT2D eigenvalue weighted by Gasteiger charge is -2.20. The fourth-order valence-corrected chi connectivity index (χ4v) is 3.60. The fourth-order valence-electron chi connectivity index (χ4n) is 3.18. The highest BCUT2D eigenvalue weighted by Crippen LogP contribution is 2.35. The molecule has 0 N–H and O–H groups in total. The molecule has 1 saturated heterocycles. The first-order valence-electron chi connectivity index (χ1n) is 8.59. The number of nitrogens with zero attached hydrogens (tertiary/aromatic N) is 2. The average molecular weight is 392 g/mol. The highest BCUT2D eigenvalue weighted by Gasteiger charge is 2.34. The minimum atomic E-state index is -4.44. The SMILES string of the molecule is N#CSc1ccc(CN2CCC(OCc3ccccc3)C2)c(C(F)(F)F)c1. The maximum absolute atomic E-state index is 13.4. The quantitative estimate of drug-likeness (QED) is 0.508. The Morgan fingerprint density at radius 3 is 2.67 bits per heavy atom. The summed E-state index contributed by atoms with van der Waals surface area (Å²) in [4.78, 5) is 2.29. The molecule has 0 aliphatic carbocycles. The molecule has 1 unspecified atom stereocenters. The summed E-state index contributed by atoms with van der Waals surface area (Å²) in [6.45, 7) is 2.04. The Labute approximate surface area is 160 Å². The van der Waals surface area contributed by atoms with Crippen molar-refractivity contribution in [3.05, 3.63) is 65.2 Å². The number of ether oxygens (including phenoxy) is 1. The van der Waals surface area contributed by atoms with Crippen LogP contribution in [0.1, 0.15) is 23.1 Å². The Morgan fingerprint density at radius 1 is 1.19 bits per heavy atom. The molecule has 0 amide bonds. The summed E-state index contributed by atoms with van der Waals surface area (Å²) < 4.78 is 46.1. The second kappa shape index (κ2) is 8.79. The van der Waals surface area contributed by atoms with Crippen LogP contribution in [-0.4, -0.2) is 24.1 Å². The third-order valence-corrected chi connectivity index (χ3v) is 5.08. The van der Waals surface area contributed by atoms with E-state index in [0.29, 0.717) is 24.6 Å². The Bertz CT molecular complexity index is 805. The maximum atomic E-state index is 13.4. The molecule has 7 heteroatoms. The summed E-state index contributed by atoms with van der Waals surface area (Å²) in [7, 11) is 0. The summed E-state index contributed by atoms with van der Waals surface area (Å²) in [6.07, 6.45) is -3.62. The monoisotopic (exact) mass is 392 g/mol. The number of halogens is 3. The van der Waals surface area contributed by atoms with Crippen molar-refractivity contribution < 1.29 is 17.9 Å². The Kier molecular flexibility index (Phi) is 6.42. The number of rotatable bonds is 6. The molecule has 1 fully saturated rings. The van der Waals surface area contributed by atoms with Gasteiger partial charge in [-0.2, -0.15) is 18.4 Å². The van der Waals surface area contributed by atoms with E-state index in [2.05, 4.69) is 0 Å². The van der Waals surface area contributed by atoms with Crippen LogP contribution in [0.25, 0.3) is 0 Å². The third kappa shape index (κ3) is 5.48. The van der Waals surface area contributed by atoms with Gasteiger partial charge in [-0.25, -0.2) is 0 Å². The number of hydrogen-bond donors (Lipinski definition) is 0. The van der Waals surface area contributed by atoms with Crippen molar-refractivity contribution in [2.45, 2.75) is 36.7 Å². The smallest absolute Gasteiger partial charge is 0.372 e. The van der Waals surface area contributed by atoms with Gasteiger partial charge < -0.3 is 4.74 Å². The van der Waals surface area contributed by atoms with E-state index >= 15 is 0 Å². The predicted octanol–water partition coefficient (Wildman–Crippen LogP) is 5.07. The third-order valence-electron chi connectivity index (χ3n) is 4.50. The van der Waals surface area contributed by atoms with E-state index in [1.807, 2.05) is 40.6 Å². The van der Waals surface area contributed by atoms with Crippen LogP contribution in [0.2, 0.25) is 0 Å². The van der Waals surface area contributed by atoms with E-state index in [-0.39, 0.29) is 18.2 Å². The zero-order valence-corrected chi connectivity index (χ0v) is 15.4. The van der Waals surface area contributed by atoms with Gasteiger partial charge in [0.1, 0.15) is 5.40 Å². The lowest BCUT2D eigenvalue weighted by atomic mass is 10.1. The summed E-state index contributed by atoms with van der Waals surface area (Å²) >= 11 is 0.734. The van der Waals surface area contributed by atoms with Crippen molar-refractivity contribution in [1.29, 1.82) is 5.26 Å². The Hall–Kier alpha value is -2.01. The van der Waals surface area contributed by atoms with E-state index in [9.17, 15) is 13.2 Å². The second-order valence-corrected chi connectivity index (χ2v) is 7.31. The van der Waals surface area contributed by atoms with Crippen molar-refractivity contribution in [3.8, 4) is 5.40 Å². The van der Waals surface area contributed by atoms with Gasteiger partial charge >= 0.3 is 6.18 Å². The van der Waals surface area contributed by atoms with Crippen molar-refractivity contribution in [2.24, 2.45) is 0 Å². The van der Waals surface area contributed by atoms with Crippen LogP contribution in [0.4, 0.5) is 13.2 Å². The molecule has 1 aliphatic heterocycles. The Morgan fingerprint density at radius 2 is 1.96 bits per heavy atom. The van der Waals surface area contributed by atoms with Crippen LogP contribution in [0.3, 0.4) is 0 Å². The topological polar surface area (TPSA) is 36.3 Å². The molecule has 3 rings (SSSR count). The minimum Gasteiger partial charge on any atom is -0.372 e. The van der Waals surface area contributed by atoms with Crippen molar-refractivity contribution in [1.82, 2.24) is 4.90 Å². The van der Waals surface area contributed by atoms with Crippen molar-refractivity contribution >= 4 is 11.8 Å². The van der Waals surface area contributed by atoms with Gasteiger partial charge in [-0.3, -0.25) is 4.90 Å². The average Bonchev–Trinajstić information content (AvgIpc) is 3.09. The molecular weight excluding hydrogens is 373 g/mol. The summed E-state index contributed by atoms with van der Waals surface area (Å²) in [6, 6.07) is 13.9. The van der Waals surface area contributed by atoms with E-state index in [0.717, 1.165) is 29.8 Å². The summed E-state index contributed by atoms with van der Waals surface area (Å²) in [5.74, 6) is 0. The number of hydrogen-bond acceptors (Lipinski definition) is 4. The number of thiocyanates is 1. The molecule has 1 atom stereocenters. The van der Waals surface area contributed by atoms with Gasteiger partial charge in [0.2, 0.25) is 0 Å². The molecule has 0 spiro atoms. The number of nitriles is 1. The molecule has 2 aromatic carbocycles. The van der Waals surface area contributed by atoms with E-state index in [1.54, 1.807) is 6.07 Å². The van der Waals surface area contributed by atoms with Gasteiger partial charge in [0.25, 0.3) is 0 Å². The molecule has 3 nitrogen and oxygen atoms in total. The van der Waals surface area contributed by atoms with Crippen LogP contribution in [-0.2, 0) is 24.1 Å². The standard InChI is InChI=1S/C20H19F3N2OS/c21-20(22,23)19-10-18(27-14-24)7-6-16(19)11-25-9-8-17(12-25)26-13-15-4-2-1-3-5-15/h1-7,10,17H,8-9,11-13H2. The zero-order chi connectivity index (χ0) is 19.3. The molecule has 0 bridgehead atoms. The molecule has 1 aliphatic rings. The number of thioether (sulfide) groups is 1. The lowest BCUT2D eigenvalue weighted by molar-refractivity contribution is -0.138. The van der Waals surface area contributed by atoms with Crippen LogP contribution >= 0.6 is 11.8 Å². The largest absolute Gasteiger partial charge is 0.416 e. The zero-order valence-electron chi connectivity index (χ0n) is 14.6. The first-order valence-corrected chi connectivity index (χ1v) is 9.41. The van der Waals surface area contributed by atoms with Crippen LogP contribution in [0.15, 0.2) is 53.4 Å². The second-order valence-electron chi connectivity index (χ2n) is 6.45. The van der Waals surface area contributed by atoms with Gasteiger partial charge in [0.15, 0.2) is 0 Å². The Balaban J connectivity index is 1.61. The lowest BCUT2D eigenvalue weighted by Crippen LogP contribution is -2.24. The van der Waals surface area contributed by atoms with E-state index in [1.165, 1.54) is 6.07 Å².